The highest BCUT2D eigenvalue weighted by molar-refractivity contribution is 9.09. The Hall–Kier alpha value is 0.0500. The predicted molar refractivity (Wildman–Crippen MR) is 72.1 cm³/mol. The van der Waals surface area contributed by atoms with Crippen LogP contribution in [-0.4, -0.2) is 11.1 Å². The van der Waals surface area contributed by atoms with Crippen molar-refractivity contribution in [1.29, 1.82) is 0 Å². The maximum atomic E-state index is 3.55. The van der Waals surface area contributed by atoms with Gasteiger partial charge >= 0.3 is 0 Å². The number of fused-ring (bicyclic) bond motifs is 1. The molecule has 2 rings (SSSR count). The highest BCUT2D eigenvalue weighted by Gasteiger charge is 2.22. The second-order valence-corrected chi connectivity index (χ2v) is 6.09. The summed E-state index contributed by atoms with van der Waals surface area (Å²) in [5.74, 6) is 2.89. The van der Waals surface area contributed by atoms with Crippen molar-refractivity contribution >= 4 is 27.7 Å². The number of hydrogen-bond acceptors (Lipinski definition) is 1. The van der Waals surface area contributed by atoms with Gasteiger partial charge in [-0.15, -0.1) is 11.8 Å². The van der Waals surface area contributed by atoms with E-state index in [0.717, 1.165) is 17.2 Å². The van der Waals surface area contributed by atoms with E-state index in [2.05, 4.69) is 47.1 Å². The van der Waals surface area contributed by atoms with Crippen molar-refractivity contribution in [3.05, 3.63) is 29.8 Å². The molecule has 0 N–H and O–H groups in total. The largest absolute Gasteiger partial charge is 0.125 e. The van der Waals surface area contributed by atoms with Crippen LogP contribution in [0.15, 0.2) is 29.2 Å². The highest BCUT2D eigenvalue weighted by Crippen LogP contribution is 2.41. The van der Waals surface area contributed by atoms with E-state index in [9.17, 15) is 0 Å². The summed E-state index contributed by atoms with van der Waals surface area (Å²) < 4.78 is 0. The zero-order valence-electron chi connectivity index (χ0n) is 9.08. The first-order valence-corrected chi connectivity index (χ1v) is 7.69. The second kappa shape index (κ2) is 5.40. The maximum absolute atomic E-state index is 3.55. The van der Waals surface area contributed by atoms with E-state index < -0.39 is 0 Å². The van der Waals surface area contributed by atoms with Gasteiger partial charge < -0.3 is 0 Å². The average molecular weight is 285 g/mol. The van der Waals surface area contributed by atoms with Crippen molar-refractivity contribution in [2.45, 2.75) is 30.6 Å². The van der Waals surface area contributed by atoms with Crippen LogP contribution in [0.1, 0.15) is 31.2 Å². The number of halogens is 1. The summed E-state index contributed by atoms with van der Waals surface area (Å²) >= 11 is 5.57. The van der Waals surface area contributed by atoms with Crippen LogP contribution >= 0.6 is 27.7 Å². The van der Waals surface area contributed by atoms with Gasteiger partial charge in [-0.05, 0) is 36.3 Å². The summed E-state index contributed by atoms with van der Waals surface area (Å²) in [6.45, 7) is 2.32. The molecule has 2 atom stereocenters. The quantitative estimate of drug-likeness (QED) is 0.723. The molecule has 1 aliphatic heterocycles. The first-order valence-electron chi connectivity index (χ1n) is 5.59. The molecule has 0 spiro atoms. The van der Waals surface area contributed by atoms with Crippen molar-refractivity contribution in [3.63, 3.8) is 0 Å². The van der Waals surface area contributed by atoms with Gasteiger partial charge in [-0.1, -0.05) is 41.1 Å². The lowest BCUT2D eigenvalue weighted by Crippen LogP contribution is -2.02. The molecule has 0 fully saturated rings. The van der Waals surface area contributed by atoms with Crippen LogP contribution in [0.4, 0.5) is 0 Å². The molecule has 2 unspecified atom stereocenters. The SMILES string of the molecule is CC(CBr)CCC1CSc2ccccc21. The fraction of sp³-hybridized carbons (Fsp3) is 0.538. The van der Waals surface area contributed by atoms with Crippen LogP contribution in [0.25, 0.3) is 0 Å². The first-order chi connectivity index (χ1) is 7.31. The molecule has 1 aromatic rings. The normalized spacial score (nSPS) is 21.3. The van der Waals surface area contributed by atoms with Crippen LogP contribution in [0.2, 0.25) is 0 Å². The van der Waals surface area contributed by atoms with E-state index in [1.807, 2.05) is 11.8 Å². The van der Waals surface area contributed by atoms with Crippen molar-refractivity contribution in [2.24, 2.45) is 5.92 Å². The molecular weight excluding hydrogens is 268 g/mol. The zero-order valence-corrected chi connectivity index (χ0v) is 11.5. The van der Waals surface area contributed by atoms with E-state index in [1.54, 1.807) is 5.56 Å². The minimum atomic E-state index is 0.799. The fourth-order valence-electron chi connectivity index (χ4n) is 2.03. The Kier molecular flexibility index (Phi) is 4.15. The third-order valence-corrected chi connectivity index (χ3v) is 5.43. The molecule has 1 aromatic carbocycles. The fourth-order valence-corrected chi connectivity index (χ4v) is 3.66. The molecule has 2 heteroatoms. The number of hydrogen-bond donors (Lipinski definition) is 0. The number of benzene rings is 1. The van der Waals surface area contributed by atoms with Gasteiger partial charge in [0.15, 0.2) is 0 Å². The van der Waals surface area contributed by atoms with Crippen LogP contribution < -0.4 is 0 Å². The Labute approximate surface area is 105 Å². The van der Waals surface area contributed by atoms with Crippen molar-refractivity contribution in [2.75, 3.05) is 11.1 Å². The third kappa shape index (κ3) is 2.79. The third-order valence-electron chi connectivity index (χ3n) is 3.07. The Morgan fingerprint density at radius 3 is 3.07 bits per heavy atom. The molecule has 0 aliphatic carbocycles. The molecule has 0 aromatic heterocycles. The van der Waals surface area contributed by atoms with Gasteiger partial charge in [-0.25, -0.2) is 0 Å². The summed E-state index contributed by atoms with van der Waals surface area (Å²) in [5.41, 5.74) is 1.59. The van der Waals surface area contributed by atoms with Crippen LogP contribution in [0.5, 0.6) is 0 Å². The molecule has 1 aliphatic rings. The molecule has 82 valence electrons. The summed E-state index contributed by atoms with van der Waals surface area (Å²) in [7, 11) is 0. The van der Waals surface area contributed by atoms with E-state index >= 15 is 0 Å². The summed E-state index contributed by atoms with van der Waals surface area (Å²) in [5, 5.41) is 1.13. The number of alkyl halides is 1. The molecular formula is C13H17BrS. The lowest BCUT2D eigenvalue weighted by Gasteiger charge is -2.13. The molecule has 0 saturated carbocycles. The van der Waals surface area contributed by atoms with Gasteiger partial charge in [-0.2, -0.15) is 0 Å². The predicted octanol–water partition coefficient (Wildman–Crippen LogP) is 4.69. The topological polar surface area (TPSA) is 0 Å². The number of rotatable bonds is 4. The lowest BCUT2D eigenvalue weighted by atomic mass is 9.93. The van der Waals surface area contributed by atoms with Gasteiger partial charge in [0, 0.05) is 16.0 Å². The maximum Gasteiger partial charge on any atom is 0.0107 e. The van der Waals surface area contributed by atoms with Gasteiger partial charge in [0.1, 0.15) is 0 Å². The smallest absolute Gasteiger partial charge is 0.0107 e. The van der Waals surface area contributed by atoms with Crippen LogP contribution in [-0.2, 0) is 0 Å². The van der Waals surface area contributed by atoms with Crippen LogP contribution in [0.3, 0.4) is 0 Å². The highest BCUT2D eigenvalue weighted by atomic mass is 79.9. The molecule has 0 saturated heterocycles. The molecule has 0 amide bonds. The van der Waals surface area contributed by atoms with E-state index in [4.69, 9.17) is 0 Å². The molecule has 0 radical (unpaired) electrons. The summed E-state index contributed by atoms with van der Waals surface area (Å²) in [4.78, 5) is 1.51. The standard InChI is InChI=1S/C13H17BrS/c1-10(8-14)6-7-11-9-15-13-5-3-2-4-12(11)13/h2-5,10-11H,6-9H2,1H3. The van der Waals surface area contributed by atoms with Gasteiger partial charge in [-0.3, -0.25) is 0 Å². The monoisotopic (exact) mass is 284 g/mol. The van der Waals surface area contributed by atoms with Crippen molar-refractivity contribution < 1.29 is 0 Å². The Bertz CT molecular complexity index is 324. The Morgan fingerprint density at radius 1 is 1.47 bits per heavy atom. The van der Waals surface area contributed by atoms with Crippen molar-refractivity contribution in [1.82, 2.24) is 0 Å². The van der Waals surface area contributed by atoms with E-state index in [0.29, 0.717) is 0 Å². The zero-order chi connectivity index (χ0) is 10.7. The Morgan fingerprint density at radius 2 is 2.27 bits per heavy atom. The Balaban J connectivity index is 1.96. The minimum absolute atomic E-state index is 0.799. The number of thioether (sulfide) groups is 1. The first kappa shape index (κ1) is 11.5. The summed E-state index contributed by atoms with van der Waals surface area (Å²) in [6, 6.07) is 8.88. The van der Waals surface area contributed by atoms with Crippen molar-refractivity contribution in [3.8, 4) is 0 Å². The van der Waals surface area contributed by atoms with E-state index in [1.165, 1.54) is 23.5 Å². The average Bonchev–Trinajstić information content (AvgIpc) is 2.69. The van der Waals surface area contributed by atoms with Gasteiger partial charge in [0.2, 0.25) is 0 Å². The minimum Gasteiger partial charge on any atom is -0.125 e. The summed E-state index contributed by atoms with van der Waals surface area (Å²) in [6.07, 6.45) is 2.68. The molecule has 0 nitrogen and oxygen atoms in total. The molecule has 15 heavy (non-hydrogen) atoms. The van der Waals surface area contributed by atoms with Crippen LogP contribution in [0, 0.1) is 5.92 Å². The van der Waals surface area contributed by atoms with E-state index in [-0.39, 0.29) is 0 Å². The second-order valence-electron chi connectivity index (χ2n) is 4.38. The molecule has 0 bridgehead atoms. The van der Waals surface area contributed by atoms with Gasteiger partial charge in [0.25, 0.3) is 0 Å². The van der Waals surface area contributed by atoms with Gasteiger partial charge in [0.05, 0.1) is 0 Å². The lowest BCUT2D eigenvalue weighted by molar-refractivity contribution is 0.529. The molecule has 1 heterocycles.